The fourth-order valence-corrected chi connectivity index (χ4v) is 2.56. The lowest BCUT2D eigenvalue weighted by Gasteiger charge is -2.35. The van der Waals surface area contributed by atoms with Crippen molar-refractivity contribution in [3.05, 3.63) is 29.8 Å². The van der Waals surface area contributed by atoms with E-state index in [9.17, 15) is 4.79 Å². The monoisotopic (exact) mass is 298 g/mol. The van der Waals surface area contributed by atoms with Gasteiger partial charge in [-0.2, -0.15) is 0 Å². The zero-order valence-corrected chi connectivity index (χ0v) is 13.2. The standard InChI is InChI=1S/C15H22N2O2.ClH/c1-16-10-8-12(9-11-16)17(2)15(18)13-6-4-5-7-14(13)19-3;/h4-7,12H,8-11H2,1-3H3;1H. The second kappa shape index (κ2) is 7.50. The number of carbonyl (C=O) groups is 1. The molecule has 0 radical (unpaired) electrons. The number of ether oxygens (including phenoxy) is 1. The topological polar surface area (TPSA) is 32.8 Å². The lowest BCUT2D eigenvalue weighted by Crippen LogP contribution is -2.44. The smallest absolute Gasteiger partial charge is 0.257 e. The van der Waals surface area contributed by atoms with E-state index in [4.69, 9.17) is 4.74 Å². The Labute approximate surface area is 127 Å². The van der Waals surface area contributed by atoms with Crippen LogP contribution in [0.15, 0.2) is 24.3 Å². The Morgan fingerprint density at radius 3 is 2.50 bits per heavy atom. The molecule has 0 atom stereocenters. The minimum atomic E-state index is 0. The molecule has 0 N–H and O–H groups in total. The van der Waals surface area contributed by atoms with Gasteiger partial charge >= 0.3 is 0 Å². The van der Waals surface area contributed by atoms with Crippen LogP contribution in [-0.4, -0.2) is 56.0 Å². The van der Waals surface area contributed by atoms with Crippen molar-refractivity contribution in [3.63, 3.8) is 0 Å². The van der Waals surface area contributed by atoms with Gasteiger partial charge in [0.1, 0.15) is 5.75 Å². The van der Waals surface area contributed by atoms with Crippen LogP contribution >= 0.6 is 12.4 Å². The fraction of sp³-hybridized carbons (Fsp3) is 0.533. The third kappa shape index (κ3) is 3.64. The molecule has 0 unspecified atom stereocenters. The second-order valence-corrected chi connectivity index (χ2v) is 5.15. The van der Waals surface area contributed by atoms with Crippen molar-refractivity contribution >= 4 is 18.3 Å². The van der Waals surface area contributed by atoms with E-state index in [1.54, 1.807) is 7.11 Å². The quantitative estimate of drug-likeness (QED) is 0.858. The normalized spacial score (nSPS) is 16.4. The summed E-state index contributed by atoms with van der Waals surface area (Å²) in [4.78, 5) is 16.7. The van der Waals surface area contributed by atoms with Crippen molar-refractivity contribution in [2.24, 2.45) is 0 Å². The third-order valence-electron chi connectivity index (χ3n) is 3.89. The van der Waals surface area contributed by atoms with E-state index >= 15 is 0 Å². The largest absolute Gasteiger partial charge is 0.496 e. The van der Waals surface area contributed by atoms with Gasteiger partial charge in [0, 0.05) is 13.1 Å². The van der Waals surface area contributed by atoms with E-state index in [-0.39, 0.29) is 18.3 Å². The Balaban J connectivity index is 0.00000200. The molecular weight excluding hydrogens is 276 g/mol. The molecular formula is C15H23ClN2O2. The summed E-state index contributed by atoms with van der Waals surface area (Å²) in [5.41, 5.74) is 0.645. The first-order valence-electron chi connectivity index (χ1n) is 6.72. The van der Waals surface area contributed by atoms with Gasteiger partial charge < -0.3 is 14.5 Å². The molecule has 1 heterocycles. The van der Waals surface area contributed by atoms with Gasteiger partial charge in [-0.05, 0) is 45.1 Å². The van der Waals surface area contributed by atoms with Crippen LogP contribution in [0.2, 0.25) is 0 Å². The van der Waals surface area contributed by atoms with Gasteiger partial charge in [-0.15, -0.1) is 12.4 Å². The molecule has 1 amide bonds. The number of piperidine rings is 1. The zero-order chi connectivity index (χ0) is 13.8. The van der Waals surface area contributed by atoms with E-state index in [1.165, 1.54) is 0 Å². The maximum Gasteiger partial charge on any atom is 0.257 e. The Kier molecular flexibility index (Phi) is 6.30. The van der Waals surface area contributed by atoms with Crippen molar-refractivity contribution in [2.75, 3.05) is 34.3 Å². The predicted octanol–water partition coefficient (Wildman–Crippen LogP) is 2.28. The molecule has 2 rings (SSSR count). The average Bonchev–Trinajstić information content (AvgIpc) is 2.46. The van der Waals surface area contributed by atoms with Crippen molar-refractivity contribution < 1.29 is 9.53 Å². The van der Waals surface area contributed by atoms with Gasteiger partial charge in [-0.3, -0.25) is 4.79 Å². The highest BCUT2D eigenvalue weighted by atomic mass is 35.5. The number of amides is 1. The van der Waals surface area contributed by atoms with Crippen LogP contribution in [0.1, 0.15) is 23.2 Å². The summed E-state index contributed by atoms with van der Waals surface area (Å²) >= 11 is 0. The van der Waals surface area contributed by atoms with E-state index in [0.717, 1.165) is 25.9 Å². The predicted molar refractivity (Wildman–Crippen MR) is 82.9 cm³/mol. The summed E-state index contributed by atoms with van der Waals surface area (Å²) in [6.45, 7) is 2.10. The zero-order valence-electron chi connectivity index (χ0n) is 12.3. The molecule has 0 spiro atoms. The van der Waals surface area contributed by atoms with Crippen LogP contribution in [-0.2, 0) is 0 Å². The highest BCUT2D eigenvalue weighted by Crippen LogP contribution is 2.22. The lowest BCUT2D eigenvalue weighted by molar-refractivity contribution is 0.0656. The molecule has 0 aliphatic carbocycles. The van der Waals surface area contributed by atoms with E-state index in [2.05, 4.69) is 11.9 Å². The van der Waals surface area contributed by atoms with Gasteiger partial charge in [0.15, 0.2) is 0 Å². The Morgan fingerprint density at radius 1 is 1.30 bits per heavy atom. The average molecular weight is 299 g/mol. The minimum absolute atomic E-state index is 0. The van der Waals surface area contributed by atoms with Gasteiger partial charge in [-0.25, -0.2) is 0 Å². The number of likely N-dealkylation sites (tertiary alicyclic amines) is 1. The summed E-state index contributed by atoms with van der Waals surface area (Å²) < 4.78 is 5.27. The fourth-order valence-electron chi connectivity index (χ4n) is 2.56. The van der Waals surface area contributed by atoms with Gasteiger partial charge in [0.25, 0.3) is 5.91 Å². The first-order valence-corrected chi connectivity index (χ1v) is 6.72. The number of benzene rings is 1. The Morgan fingerprint density at radius 2 is 1.90 bits per heavy atom. The van der Waals surface area contributed by atoms with Gasteiger partial charge in [0.2, 0.25) is 0 Å². The molecule has 20 heavy (non-hydrogen) atoms. The van der Waals surface area contributed by atoms with Crippen LogP contribution in [0, 0.1) is 0 Å². The Bertz CT molecular complexity index is 445. The van der Waals surface area contributed by atoms with E-state index in [0.29, 0.717) is 17.4 Å². The SMILES string of the molecule is COc1ccccc1C(=O)N(C)C1CCN(C)CC1.Cl. The summed E-state index contributed by atoms with van der Waals surface area (Å²) in [6.07, 6.45) is 2.07. The number of hydrogen-bond donors (Lipinski definition) is 0. The molecule has 1 aromatic rings. The van der Waals surface area contributed by atoms with Crippen molar-refractivity contribution in [1.29, 1.82) is 0 Å². The first-order chi connectivity index (χ1) is 9.13. The van der Waals surface area contributed by atoms with Crippen molar-refractivity contribution in [1.82, 2.24) is 9.80 Å². The first kappa shape index (κ1) is 16.8. The highest BCUT2D eigenvalue weighted by molar-refractivity contribution is 5.97. The van der Waals surface area contributed by atoms with Crippen LogP contribution in [0.25, 0.3) is 0 Å². The summed E-state index contributed by atoms with van der Waals surface area (Å²) in [5, 5.41) is 0. The summed E-state index contributed by atoms with van der Waals surface area (Å²) in [5.74, 6) is 0.694. The molecule has 1 aromatic carbocycles. The summed E-state index contributed by atoms with van der Waals surface area (Å²) in [6, 6.07) is 7.74. The van der Waals surface area contributed by atoms with E-state index < -0.39 is 0 Å². The van der Waals surface area contributed by atoms with Gasteiger partial charge in [0.05, 0.1) is 12.7 Å². The van der Waals surface area contributed by atoms with Crippen LogP contribution in [0.3, 0.4) is 0 Å². The van der Waals surface area contributed by atoms with E-state index in [1.807, 2.05) is 36.2 Å². The third-order valence-corrected chi connectivity index (χ3v) is 3.89. The molecule has 112 valence electrons. The summed E-state index contributed by atoms with van der Waals surface area (Å²) in [7, 11) is 5.62. The maximum atomic E-state index is 12.5. The van der Waals surface area contributed by atoms with Crippen LogP contribution < -0.4 is 4.74 Å². The number of methoxy groups -OCH3 is 1. The maximum absolute atomic E-state index is 12.5. The number of carbonyl (C=O) groups excluding carboxylic acids is 1. The van der Waals surface area contributed by atoms with Crippen molar-refractivity contribution in [2.45, 2.75) is 18.9 Å². The highest BCUT2D eigenvalue weighted by Gasteiger charge is 2.25. The number of hydrogen-bond acceptors (Lipinski definition) is 3. The molecule has 0 aromatic heterocycles. The molecule has 5 heteroatoms. The van der Waals surface area contributed by atoms with Crippen LogP contribution in [0.4, 0.5) is 0 Å². The minimum Gasteiger partial charge on any atom is -0.496 e. The molecule has 1 aliphatic rings. The molecule has 4 nitrogen and oxygen atoms in total. The van der Waals surface area contributed by atoms with Crippen molar-refractivity contribution in [3.8, 4) is 5.75 Å². The molecule has 0 saturated carbocycles. The number of halogens is 1. The van der Waals surface area contributed by atoms with Gasteiger partial charge in [-0.1, -0.05) is 12.1 Å². The lowest BCUT2D eigenvalue weighted by atomic mass is 10.0. The number of rotatable bonds is 3. The number of para-hydroxylation sites is 1. The number of nitrogens with zero attached hydrogens (tertiary/aromatic N) is 2. The molecule has 1 fully saturated rings. The second-order valence-electron chi connectivity index (χ2n) is 5.15. The molecule has 1 aliphatic heterocycles. The molecule has 1 saturated heterocycles. The Hall–Kier alpha value is -1.26. The molecule has 0 bridgehead atoms. The van der Waals surface area contributed by atoms with Crippen LogP contribution in [0.5, 0.6) is 5.75 Å².